The molecule has 2 heterocycles. The Morgan fingerprint density at radius 3 is 2.15 bits per heavy atom. The summed E-state index contributed by atoms with van der Waals surface area (Å²) in [5, 5.41) is 0. The average Bonchev–Trinajstić information content (AvgIpc) is 2.39. The number of hydrogen-bond acceptors (Lipinski definition) is 2. The monoisotopic (exact) mass is 284 g/mol. The van der Waals surface area contributed by atoms with E-state index in [1.807, 2.05) is 0 Å². The van der Waals surface area contributed by atoms with Gasteiger partial charge >= 0.3 is 0 Å². The van der Waals surface area contributed by atoms with Crippen molar-refractivity contribution in [3.8, 4) is 0 Å². The van der Waals surface area contributed by atoms with Gasteiger partial charge in [-0.3, -0.25) is 0 Å². The van der Waals surface area contributed by atoms with E-state index in [2.05, 4.69) is 37.5 Å². The number of nitrogens with zero attached hydrogens (tertiary/aromatic N) is 2. The Bertz CT molecular complexity index is 285. The van der Waals surface area contributed by atoms with Crippen molar-refractivity contribution in [2.75, 3.05) is 32.7 Å². The minimum Gasteiger partial charge on any atom is -0.301 e. The van der Waals surface area contributed by atoms with Gasteiger partial charge in [0.25, 0.3) is 0 Å². The van der Waals surface area contributed by atoms with Gasteiger partial charge in [0.15, 0.2) is 0 Å². The third kappa shape index (κ3) is 4.17. The predicted molar refractivity (Wildman–Crippen MR) is 83.7 cm³/mol. The van der Waals surface area contributed by atoms with E-state index < -0.39 is 6.17 Å². The van der Waals surface area contributed by atoms with E-state index in [0.717, 1.165) is 25.4 Å². The summed E-state index contributed by atoms with van der Waals surface area (Å²) in [6.45, 7) is 14.2. The van der Waals surface area contributed by atoms with Crippen LogP contribution in [0.5, 0.6) is 0 Å². The van der Waals surface area contributed by atoms with Gasteiger partial charge in [-0.15, -0.1) is 0 Å². The van der Waals surface area contributed by atoms with Crippen LogP contribution in [0.15, 0.2) is 0 Å². The molecule has 0 bridgehead atoms. The Hall–Kier alpha value is -0.150. The fourth-order valence-electron chi connectivity index (χ4n) is 3.92. The summed E-state index contributed by atoms with van der Waals surface area (Å²) >= 11 is 0. The SMILES string of the molecule is CC(C)C1CCN(CC2CCN(C(C)C)CC2)CC1F. The van der Waals surface area contributed by atoms with Gasteiger partial charge in [-0.25, -0.2) is 4.39 Å². The lowest BCUT2D eigenvalue weighted by Crippen LogP contribution is -2.47. The summed E-state index contributed by atoms with van der Waals surface area (Å²) in [7, 11) is 0. The molecule has 20 heavy (non-hydrogen) atoms. The normalized spacial score (nSPS) is 31.4. The molecule has 2 rings (SSSR count). The maximum absolute atomic E-state index is 14.2. The zero-order chi connectivity index (χ0) is 14.7. The van der Waals surface area contributed by atoms with Crippen LogP contribution in [0, 0.1) is 17.8 Å². The number of piperidine rings is 2. The summed E-state index contributed by atoms with van der Waals surface area (Å²) in [5.74, 6) is 1.56. The minimum absolute atomic E-state index is 0.286. The Balaban J connectivity index is 1.73. The minimum atomic E-state index is -0.612. The highest BCUT2D eigenvalue weighted by molar-refractivity contribution is 4.84. The van der Waals surface area contributed by atoms with Crippen molar-refractivity contribution in [3.63, 3.8) is 0 Å². The lowest BCUT2D eigenvalue weighted by molar-refractivity contribution is 0.0420. The van der Waals surface area contributed by atoms with Crippen LogP contribution in [0.4, 0.5) is 4.39 Å². The van der Waals surface area contributed by atoms with Crippen molar-refractivity contribution in [1.82, 2.24) is 9.80 Å². The zero-order valence-corrected chi connectivity index (χ0v) is 13.8. The molecule has 0 radical (unpaired) electrons. The van der Waals surface area contributed by atoms with Gasteiger partial charge in [-0.1, -0.05) is 13.8 Å². The standard InChI is InChI=1S/C17H33FN2/c1-13(2)16-7-8-19(12-17(16)18)11-15-5-9-20(10-6-15)14(3)4/h13-17H,5-12H2,1-4H3. The van der Waals surface area contributed by atoms with Crippen LogP contribution in [-0.4, -0.2) is 54.7 Å². The predicted octanol–water partition coefficient (Wildman–Crippen LogP) is 3.42. The maximum atomic E-state index is 14.2. The number of likely N-dealkylation sites (tertiary alicyclic amines) is 2. The first-order chi connectivity index (χ1) is 9.47. The number of halogens is 1. The van der Waals surface area contributed by atoms with Crippen molar-refractivity contribution in [2.24, 2.45) is 17.8 Å². The highest BCUT2D eigenvalue weighted by atomic mass is 19.1. The molecule has 0 N–H and O–H groups in total. The van der Waals surface area contributed by atoms with Gasteiger partial charge in [-0.2, -0.15) is 0 Å². The van der Waals surface area contributed by atoms with Crippen LogP contribution in [0.1, 0.15) is 47.0 Å². The quantitative estimate of drug-likeness (QED) is 0.780. The first-order valence-electron chi connectivity index (χ1n) is 8.57. The molecule has 3 heteroatoms. The molecule has 0 spiro atoms. The second-order valence-electron chi connectivity index (χ2n) is 7.55. The van der Waals surface area contributed by atoms with Crippen LogP contribution < -0.4 is 0 Å². The van der Waals surface area contributed by atoms with E-state index in [9.17, 15) is 4.39 Å². The second-order valence-corrected chi connectivity index (χ2v) is 7.55. The van der Waals surface area contributed by atoms with Crippen LogP contribution in [0.3, 0.4) is 0 Å². The molecule has 2 fully saturated rings. The highest BCUT2D eigenvalue weighted by Gasteiger charge is 2.32. The molecule has 0 aliphatic carbocycles. The Morgan fingerprint density at radius 2 is 1.65 bits per heavy atom. The third-order valence-corrected chi connectivity index (χ3v) is 5.43. The molecule has 2 nitrogen and oxygen atoms in total. The summed E-state index contributed by atoms with van der Waals surface area (Å²) in [6, 6.07) is 0.674. The molecule has 0 aromatic rings. The molecule has 0 saturated carbocycles. The fraction of sp³-hybridized carbons (Fsp3) is 1.00. The Morgan fingerprint density at radius 1 is 1.00 bits per heavy atom. The molecule has 0 amide bonds. The summed E-state index contributed by atoms with van der Waals surface area (Å²) in [4.78, 5) is 4.96. The fourth-order valence-corrected chi connectivity index (χ4v) is 3.92. The summed E-state index contributed by atoms with van der Waals surface area (Å²) < 4.78 is 14.2. The van der Waals surface area contributed by atoms with Crippen LogP contribution in [-0.2, 0) is 0 Å². The second kappa shape index (κ2) is 7.22. The van der Waals surface area contributed by atoms with Gasteiger partial charge < -0.3 is 9.80 Å². The molecule has 0 aromatic heterocycles. The molecule has 2 aliphatic heterocycles. The largest absolute Gasteiger partial charge is 0.301 e. The molecule has 118 valence electrons. The smallest absolute Gasteiger partial charge is 0.116 e. The highest BCUT2D eigenvalue weighted by Crippen LogP contribution is 2.29. The Labute approximate surface area is 124 Å². The van der Waals surface area contributed by atoms with E-state index in [1.165, 1.54) is 25.9 Å². The van der Waals surface area contributed by atoms with Gasteiger partial charge in [0.1, 0.15) is 6.17 Å². The van der Waals surface area contributed by atoms with Gasteiger partial charge in [0.2, 0.25) is 0 Å². The van der Waals surface area contributed by atoms with Crippen LogP contribution >= 0.6 is 0 Å². The molecule has 0 aromatic carbocycles. The van der Waals surface area contributed by atoms with E-state index in [-0.39, 0.29) is 5.92 Å². The lowest BCUT2D eigenvalue weighted by Gasteiger charge is -2.40. The van der Waals surface area contributed by atoms with Crippen molar-refractivity contribution in [1.29, 1.82) is 0 Å². The molecular formula is C17H33FN2. The van der Waals surface area contributed by atoms with Crippen LogP contribution in [0.25, 0.3) is 0 Å². The van der Waals surface area contributed by atoms with E-state index in [1.54, 1.807) is 0 Å². The first kappa shape index (κ1) is 16.2. The van der Waals surface area contributed by atoms with Gasteiger partial charge in [0, 0.05) is 19.1 Å². The number of hydrogen-bond donors (Lipinski definition) is 0. The summed E-state index contributed by atoms with van der Waals surface area (Å²) in [6.07, 6.45) is 3.02. The molecule has 2 atom stereocenters. The molecule has 2 unspecified atom stereocenters. The van der Waals surface area contributed by atoms with Gasteiger partial charge in [-0.05, 0) is 70.5 Å². The lowest BCUT2D eigenvalue weighted by atomic mass is 9.84. The maximum Gasteiger partial charge on any atom is 0.116 e. The third-order valence-electron chi connectivity index (χ3n) is 5.43. The van der Waals surface area contributed by atoms with Crippen molar-refractivity contribution >= 4 is 0 Å². The first-order valence-corrected chi connectivity index (χ1v) is 8.57. The van der Waals surface area contributed by atoms with E-state index >= 15 is 0 Å². The van der Waals surface area contributed by atoms with Crippen molar-refractivity contribution in [3.05, 3.63) is 0 Å². The van der Waals surface area contributed by atoms with E-state index in [0.29, 0.717) is 18.5 Å². The number of alkyl halides is 1. The van der Waals surface area contributed by atoms with Crippen molar-refractivity contribution in [2.45, 2.75) is 59.2 Å². The average molecular weight is 284 g/mol. The van der Waals surface area contributed by atoms with Gasteiger partial charge in [0.05, 0.1) is 0 Å². The Kier molecular flexibility index (Phi) is 5.85. The van der Waals surface area contributed by atoms with Crippen molar-refractivity contribution < 1.29 is 4.39 Å². The topological polar surface area (TPSA) is 6.48 Å². The molecular weight excluding hydrogens is 251 g/mol. The summed E-state index contributed by atoms with van der Waals surface area (Å²) in [5.41, 5.74) is 0. The number of rotatable bonds is 4. The van der Waals surface area contributed by atoms with Crippen LogP contribution in [0.2, 0.25) is 0 Å². The van der Waals surface area contributed by atoms with E-state index in [4.69, 9.17) is 0 Å². The molecule has 2 saturated heterocycles. The molecule has 2 aliphatic rings. The zero-order valence-electron chi connectivity index (χ0n) is 13.8.